The van der Waals surface area contributed by atoms with Gasteiger partial charge >= 0.3 is 5.69 Å². The number of methoxy groups -OCH3 is 1. The lowest BCUT2D eigenvalue weighted by atomic mass is 10.1. The average Bonchev–Trinajstić information content (AvgIpc) is 3.04. The van der Waals surface area contributed by atoms with Crippen molar-refractivity contribution in [2.45, 2.75) is 6.92 Å². The summed E-state index contributed by atoms with van der Waals surface area (Å²) >= 11 is 5.98. The molecule has 1 aliphatic heterocycles. The van der Waals surface area contributed by atoms with Gasteiger partial charge in [0.25, 0.3) is 11.5 Å². The van der Waals surface area contributed by atoms with Crippen LogP contribution in [-0.2, 0) is 4.79 Å². The van der Waals surface area contributed by atoms with E-state index in [9.17, 15) is 19.5 Å². The summed E-state index contributed by atoms with van der Waals surface area (Å²) < 4.78 is 6.01. The van der Waals surface area contributed by atoms with Crippen molar-refractivity contribution >= 4 is 35.0 Å². The smallest absolute Gasteiger partial charge is 0.335 e. The van der Waals surface area contributed by atoms with Crippen LogP contribution in [0.5, 0.6) is 11.6 Å². The van der Waals surface area contributed by atoms with Crippen molar-refractivity contribution in [3.8, 4) is 17.3 Å². The number of nitrogens with zero attached hydrogens (tertiary/aromatic N) is 3. The van der Waals surface area contributed by atoms with Crippen LogP contribution in [-0.4, -0.2) is 33.4 Å². The maximum absolute atomic E-state index is 13.0. The molecular weight excluding hydrogens is 436 g/mol. The van der Waals surface area contributed by atoms with Crippen molar-refractivity contribution < 1.29 is 14.6 Å². The number of aromatic amines is 1. The number of nitrogens with one attached hydrogen (secondary N) is 1. The van der Waals surface area contributed by atoms with Crippen molar-refractivity contribution in [3.05, 3.63) is 85.5 Å². The average molecular weight is 453 g/mol. The number of H-pyrrole nitrogens is 1. The highest BCUT2D eigenvalue weighted by Crippen LogP contribution is 2.28. The number of hydrogen-bond acceptors (Lipinski definition) is 6. The predicted octanol–water partition coefficient (Wildman–Crippen LogP) is 2.70. The number of carbonyl (C=O) groups excluding carboxylic acids is 1. The highest BCUT2D eigenvalue weighted by Gasteiger charge is 2.30. The van der Waals surface area contributed by atoms with E-state index < -0.39 is 23.0 Å². The van der Waals surface area contributed by atoms with Crippen LogP contribution in [0.3, 0.4) is 0 Å². The highest BCUT2D eigenvalue weighted by atomic mass is 35.5. The normalized spacial score (nSPS) is 14.7. The molecule has 0 bridgehead atoms. The monoisotopic (exact) mass is 452 g/mol. The highest BCUT2D eigenvalue weighted by molar-refractivity contribution is 6.32. The van der Waals surface area contributed by atoms with Crippen LogP contribution in [0.1, 0.15) is 12.5 Å². The van der Waals surface area contributed by atoms with Crippen molar-refractivity contribution in [2.75, 3.05) is 12.1 Å². The molecule has 32 heavy (non-hydrogen) atoms. The summed E-state index contributed by atoms with van der Waals surface area (Å²) in [5, 5.41) is 16.5. The standard InChI is InChI=1S/C22H17ClN4O5/c1-12-17(21(30)27(25-12)14-6-8-16(32-2)9-7-14)11-18-19(28)24-22(31)26(20(18)29)15-5-3-4-13(23)10-15/h3-11,29H,1-2H3,(H,24,28,31)/b17-11+. The fourth-order valence-corrected chi connectivity index (χ4v) is 3.43. The molecule has 9 nitrogen and oxygen atoms in total. The van der Waals surface area contributed by atoms with Crippen molar-refractivity contribution in [2.24, 2.45) is 5.10 Å². The third kappa shape index (κ3) is 3.69. The number of hydrogen-bond donors (Lipinski definition) is 2. The SMILES string of the molecule is COc1ccc(N2N=C(C)/C(=C\c3c(O)n(-c4cccc(Cl)c4)c(=O)[nH]c3=O)C2=O)cc1. The number of halogens is 1. The zero-order chi connectivity index (χ0) is 23.0. The summed E-state index contributed by atoms with van der Waals surface area (Å²) in [5.41, 5.74) is -0.775. The Morgan fingerprint density at radius 1 is 1.09 bits per heavy atom. The van der Waals surface area contributed by atoms with E-state index in [4.69, 9.17) is 16.3 Å². The second-order valence-corrected chi connectivity index (χ2v) is 7.31. The summed E-state index contributed by atoms with van der Waals surface area (Å²) in [5.74, 6) is -0.499. The molecule has 2 aromatic carbocycles. The molecule has 10 heteroatoms. The molecule has 3 aromatic rings. The fourth-order valence-electron chi connectivity index (χ4n) is 3.25. The first-order valence-electron chi connectivity index (χ1n) is 9.40. The van der Waals surface area contributed by atoms with Crippen molar-refractivity contribution in [3.63, 3.8) is 0 Å². The van der Waals surface area contributed by atoms with E-state index >= 15 is 0 Å². The van der Waals surface area contributed by atoms with E-state index in [1.165, 1.54) is 24.3 Å². The number of anilines is 1. The molecule has 4 rings (SSSR count). The summed E-state index contributed by atoms with van der Waals surface area (Å²) in [6.45, 7) is 1.60. The molecule has 0 saturated heterocycles. The first-order valence-corrected chi connectivity index (χ1v) is 9.78. The summed E-state index contributed by atoms with van der Waals surface area (Å²) in [6, 6.07) is 12.9. The molecule has 1 aromatic heterocycles. The number of benzene rings is 2. The van der Waals surface area contributed by atoms with Gasteiger partial charge in [0.1, 0.15) is 11.3 Å². The van der Waals surface area contributed by atoms with Gasteiger partial charge in [0.2, 0.25) is 5.88 Å². The molecule has 0 unspecified atom stereocenters. The van der Waals surface area contributed by atoms with Gasteiger partial charge in [-0.3, -0.25) is 14.6 Å². The quantitative estimate of drug-likeness (QED) is 0.590. The van der Waals surface area contributed by atoms with E-state index in [2.05, 4.69) is 10.1 Å². The lowest BCUT2D eigenvalue weighted by Crippen LogP contribution is -2.30. The van der Waals surface area contributed by atoms with Gasteiger partial charge in [-0.25, -0.2) is 9.36 Å². The molecule has 0 fully saturated rings. The van der Waals surface area contributed by atoms with Crippen LogP contribution in [0.4, 0.5) is 5.69 Å². The van der Waals surface area contributed by atoms with Crippen molar-refractivity contribution in [1.82, 2.24) is 9.55 Å². The Balaban J connectivity index is 1.79. The number of aromatic nitrogens is 2. The third-order valence-corrected chi connectivity index (χ3v) is 5.09. The molecule has 1 aliphatic rings. The predicted molar refractivity (Wildman–Crippen MR) is 121 cm³/mol. The van der Waals surface area contributed by atoms with Crippen LogP contribution >= 0.6 is 11.6 Å². The van der Waals surface area contributed by atoms with Crippen LogP contribution in [0, 0.1) is 0 Å². The van der Waals surface area contributed by atoms with Gasteiger partial charge in [0, 0.05) is 5.02 Å². The molecule has 0 radical (unpaired) electrons. The molecule has 2 N–H and O–H groups in total. The summed E-state index contributed by atoms with van der Waals surface area (Å²) in [4.78, 5) is 40.0. The molecule has 0 saturated carbocycles. The largest absolute Gasteiger partial charge is 0.497 e. The van der Waals surface area contributed by atoms with Gasteiger partial charge in [-0.05, 0) is 55.5 Å². The molecule has 0 spiro atoms. The lowest BCUT2D eigenvalue weighted by molar-refractivity contribution is -0.114. The third-order valence-electron chi connectivity index (χ3n) is 4.86. The summed E-state index contributed by atoms with van der Waals surface area (Å²) in [7, 11) is 1.53. The van der Waals surface area contributed by atoms with Crippen LogP contribution in [0.15, 0.2) is 68.8 Å². The van der Waals surface area contributed by atoms with Crippen LogP contribution < -0.4 is 21.0 Å². The topological polar surface area (TPSA) is 117 Å². The Labute approximate surface area is 186 Å². The number of rotatable bonds is 4. The van der Waals surface area contributed by atoms with Gasteiger partial charge in [-0.15, -0.1) is 0 Å². The number of hydrazone groups is 1. The molecular formula is C22H17ClN4O5. The number of aromatic hydroxyl groups is 1. The van der Waals surface area contributed by atoms with Gasteiger partial charge < -0.3 is 9.84 Å². The Morgan fingerprint density at radius 3 is 2.47 bits per heavy atom. The Hall–Kier alpha value is -4.11. The maximum Gasteiger partial charge on any atom is 0.335 e. The second-order valence-electron chi connectivity index (χ2n) is 6.87. The Morgan fingerprint density at radius 2 is 1.81 bits per heavy atom. The summed E-state index contributed by atoms with van der Waals surface area (Å²) in [6.07, 6.45) is 1.21. The molecule has 1 amide bonds. The van der Waals surface area contributed by atoms with Crippen LogP contribution in [0.25, 0.3) is 11.8 Å². The second kappa shape index (κ2) is 8.20. The van der Waals surface area contributed by atoms with E-state index in [0.29, 0.717) is 22.2 Å². The zero-order valence-corrected chi connectivity index (χ0v) is 17.8. The van der Waals surface area contributed by atoms with Gasteiger partial charge in [0.15, 0.2) is 0 Å². The minimum atomic E-state index is -0.847. The van der Waals surface area contributed by atoms with Gasteiger partial charge in [0.05, 0.1) is 29.8 Å². The van der Waals surface area contributed by atoms with Gasteiger partial charge in [-0.1, -0.05) is 17.7 Å². The van der Waals surface area contributed by atoms with E-state index in [1.807, 2.05) is 0 Å². The van der Waals surface area contributed by atoms with E-state index in [1.54, 1.807) is 49.4 Å². The first kappa shape index (κ1) is 21.1. The molecule has 0 aliphatic carbocycles. The van der Waals surface area contributed by atoms with Crippen LogP contribution in [0.2, 0.25) is 5.02 Å². The van der Waals surface area contributed by atoms with Gasteiger partial charge in [-0.2, -0.15) is 10.1 Å². The molecule has 2 heterocycles. The minimum Gasteiger partial charge on any atom is -0.497 e. The fraction of sp³-hybridized carbons (Fsp3) is 0.0909. The Kier molecular flexibility index (Phi) is 5.41. The Bertz CT molecular complexity index is 1400. The number of ether oxygens (including phenoxy) is 1. The lowest BCUT2D eigenvalue weighted by Gasteiger charge is -2.12. The zero-order valence-electron chi connectivity index (χ0n) is 17.0. The molecule has 0 atom stereocenters. The maximum atomic E-state index is 13.0. The number of amides is 1. The minimum absolute atomic E-state index is 0.0953. The van der Waals surface area contributed by atoms with E-state index in [-0.39, 0.29) is 16.8 Å². The number of carbonyl (C=O) groups is 1. The van der Waals surface area contributed by atoms with Crippen molar-refractivity contribution in [1.29, 1.82) is 0 Å². The first-order chi connectivity index (χ1) is 15.3. The van der Waals surface area contributed by atoms with E-state index in [0.717, 1.165) is 4.57 Å². The molecule has 162 valence electrons.